The fourth-order valence-corrected chi connectivity index (χ4v) is 4.71. The lowest BCUT2D eigenvalue weighted by Gasteiger charge is -2.33. The van der Waals surface area contributed by atoms with Crippen LogP contribution in [0.5, 0.6) is 0 Å². The average molecular weight is 397 g/mol. The summed E-state index contributed by atoms with van der Waals surface area (Å²) in [6.07, 6.45) is -0.0706. The number of amides is 1. The van der Waals surface area contributed by atoms with E-state index in [1.165, 1.54) is 0 Å². The fraction of sp³-hybridized carbons (Fsp3) is 0.238. The zero-order chi connectivity index (χ0) is 18.5. The van der Waals surface area contributed by atoms with E-state index in [9.17, 15) is 4.79 Å². The van der Waals surface area contributed by atoms with Crippen LogP contribution < -0.4 is 0 Å². The minimum absolute atomic E-state index is 0.0700. The molecule has 0 aliphatic carbocycles. The van der Waals surface area contributed by atoms with Crippen molar-refractivity contribution in [1.29, 1.82) is 0 Å². The van der Waals surface area contributed by atoms with Crippen molar-refractivity contribution in [1.82, 2.24) is 9.88 Å². The van der Waals surface area contributed by atoms with Crippen LogP contribution in [-0.2, 0) is 10.5 Å². The van der Waals surface area contributed by atoms with E-state index in [-0.39, 0.29) is 12.0 Å². The summed E-state index contributed by atoms with van der Waals surface area (Å²) in [5.74, 6) is 0.837. The molecule has 0 N–H and O–H groups in total. The smallest absolute Gasteiger partial charge is 0.255 e. The third kappa shape index (κ3) is 4.40. The van der Waals surface area contributed by atoms with Crippen molar-refractivity contribution in [2.45, 2.75) is 16.8 Å². The van der Waals surface area contributed by atoms with Gasteiger partial charge in [-0.05, 0) is 17.7 Å². The van der Waals surface area contributed by atoms with Gasteiger partial charge in [-0.25, -0.2) is 4.98 Å². The molecule has 3 aromatic rings. The predicted molar refractivity (Wildman–Crippen MR) is 109 cm³/mol. The minimum Gasteiger partial charge on any atom is -0.370 e. The maximum atomic E-state index is 13.2. The van der Waals surface area contributed by atoms with Crippen molar-refractivity contribution in [3.63, 3.8) is 0 Å². The highest BCUT2D eigenvalue weighted by molar-refractivity contribution is 7.98. The number of benzene rings is 2. The Morgan fingerprint density at radius 2 is 2.00 bits per heavy atom. The highest BCUT2D eigenvalue weighted by Gasteiger charge is 2.27. The Morgan fingerprint density at radius 3 is 2.81 bits per heavy atom. The summed E-state index contributed by atoms with van der Waals surface area (Å²) in [5.41, 5.74) is 4.75. The van der Waals surface area contributed by atoms with Crippen LogP contribution in [0.1, 0.15) is 27.7 Å². The van der Waals surface area contributed by atoms with E-state index in [0.717, 1.165) is 27.5 Å². The number of hydrogen-bond donors (Lipinski definition) is 0. The number of thiazole rings is 1. The summed E-state index contributed by atoms with van der Waals surface area (Å²) >= 11 is 3.25. The maximum absolute atomic E-state index is 13.2. The molecular formula is C21H20N2O2S2. The topological polar surface area (TPSA) is 42.4 Å². The molecule has 4 rings (SSSR count). The molecule has 1 aliphatic rings. The Morgan fingerprint density at radius 1 is 1.19 bits per heavy atom. The second-order valence-corrected chi connectivity index (χ2v) is 8.02. The molecule has 2 heterocycles. The van der Waals surface area contributed by atoms with Crippen LogP contribution >= 0.6 is 23.1 Å². The molecule has 1 aliphatic heterocycles. The molecule has 1 aromatic heterocycles. The van der Waals surface area contributed by atoms with Crippen LogP contribution in [0.4, 0.5) is 0 Å². The number of nitrogens with zero attached hydrogens (tertiary/aromatic N) is 2. The van der Waals surface area contributed by atoms with Crippen molar-refractivity contribution < 1.29 is 9.53 Å². The zero-order valence-corrected chi connectivity index (χ0v) is 16.4. The predicted octanol–water partition coefficient (Wildman–Crippen LogP) is 4.65. The van der Waals surface area contributed by atoms with E-state index in [0.29, 0.717) is 19.7 Å². The number of ether oxygens (including phenoxy) is 1. The van der Waals surface area contributed by atoms with Gasteiger partial charge in [0.2, 0.25) is 0 Å². The van der Waals surface area contributed by atoms with E-state index >= 15 is 0 Å². The van der Waals surface area contributed by atoms with Crippen molar-refractivity contribution >= 4 is 29.0 Å². The largest absolute Gasteiger partial charge is 0.370 e. The van der Waals surface area contributed by atoms with Gasteiger partial charge in [0.1, 0.15) is 6.10 Å². The number of aromatic nitrogens is 1. The van der Waals surface area contributed by atoms with Gasteiger partial charge in [0.05, 0.1) is 29.9 Å². The molecule has 4 nitrogen and oxygen atoms in total. The first-order valence-corrected chi connectivity index (χ1v) is 10.8. The van der Waals surface area contributed by atoms with Gasteiger partial charge < -0.3 is 9.64 Å². The standard InChI is InChI=1S/C21H20N2O2S2/c24-21(23-10-11-25-19(12-23)16-6-2-1-3-7-16)18-8-4-5-9-20(18)27-14-17-13-26-15-22-17/h1-9,13,15,19H,10-12,14H2. The second-order valence-electron chi connectivity index (χ2n) is 6.29. The third-order valence-corrected chi connectivity index (χ3v) is 6.24. The normalized spacial score (nSPS) is 17.0. The van der Waals surface area contributed by atoms with Crippen LogP contribution in [0.2, 0.25) is 0 Å². The van der Waals surface area contributed by atoms with E-state index in [4.69, 9.17) is 4.74 Å². The quantitative estimate of drug-likeness (QED) is 0.589. The molecule has 0 bridgehead atoms. The molecule has 1 atom stereocenters. The molecule has 138 valence electrons. The summed E-state index contributed by atoms with van der Waals surface area (Å²) in [6.45, 7) is 1.75. The first kappa shape index (κ1) is 18.2. The lowest BCUT2D eigenvalue weighted by atomic mass is 10.1. The molecule has 27 heavy (non-hydrogen) atoms. The SMILES string of the molecule is O=C(c1ccccc1SCc1cscn1)N1CCOC(c2ccccc2)C1. The molecule has 0 radical (unpaired) electrons. The summed E-state index contributed by atoms with van der Waals surface area (Å²) in [5, 5.41) is 2.05. The number of carbonyl (C=O) groups is 1. The number of morpholine rings is 1. The highest BCUT2D eigenvalue weighted by atomic mass is 32.2. The van der Waals surface area contributed by atoms with E-state index < -0.39 is 0 Å². The van der Waals surface area contributed by atoms with Crippen molar-refractivity contribution in [3.05, 3.63) is 82.3 Å². The minimum atomic E-state index is -0.0706. The Kier molecular flexibility index (Phi) is 5.87. The molecule has 2 aromatic carbocycles. The van der Waals surface area contributed by atoms with Crippen molar-refractivity contribution in [2.75, 3.05) is 19.7 Å². The Hall–Kier alpha value is -2.15. The van der Waals surface area contributed by atoms with Crippen LogP contribution in [-0.4, -0.2) is 35.5 Å². The number of rotatable bonds is 5. The van der Waals surface area contributed by atoms with E-state index in [1.54, 1.807) is 23.1 Å². The Bertz CT molecular complexity index is 884. The van der Waals surface area contributed by atoms with Crippen LogP contribution in [0.3, 0.4) is 0 Å². The van der Waals surface area contributed by atoms with Gasteiger partial charge in [0.25, 0.3) is 5.91 Å². The first-order valence-electron chi connectivity index (χ1n) is 8.86. The van der Waals surface area contributed by atoms with Gasteiger partial charge >= 0.3 is 0 Å². The van der Waals surface area contributed by atoms with Gasteiger partial charge in [-0.3, -0.25) is 4.79 Å². The lowest BCUT2D eigenvalue weighted by molar-refractivity contribution is -0.0229. The number of thioether (sulfide) groups is 1. The molecule has 1 saturated heterocycles. The van der Waals surface area contributed by atoms with E-state index in [1.807, 2.05) is 58.3 Å². The monoisotopic (exact) mass is 396 g/mol. The molecule has 6 heteroatoms. The van der Waals surface area contributed by atoms with Gasteiger partial charge in [-0.2, -0.15) is 0 Å². The zero-order valence-electron chi connectivity index (χ0n) is 14.8. The summed E-state index contributed by atoms with van der Waals surface area (Å²) in [4.78, 5) is 20.4. The van der Waals surface area contributed by atoms with Crippen LogP contribution in [0, 0.1) is 0 Å². The van der Waals surface area contributed by atoms with Crippen LogP contribution in [0.15, 0.2) is 70.4 Å². The number of hydrogen-bond acceptors (Lipinski definition) is 5. The third-order valence-electron chi connectivity index (χ3n) is 4.50. The molecule has 0 saturated carbocycles. The summed E-state index contributed by atoms with van der Waals surface area (Å²) in [7, 11) is 0. The summed E-state index contributed by atoms with van der Waals surface area (Å²) in [6, 6.07) is 17.9. The molecule has 1 fully saturated rings. The second kappa shape index (κ2) is 8.69. The molecule has 1 amide bonds. The fourth-order valence-electron chi connectivity index (χ4n) is 3.10. The molecular weight excluding hydrogens is 376 g/mol. The first-order chi connectivity index (χ1) is 13.3. The summed E-state index contributed by atoms with van der Waals surface area (Å²) < 4.78 is 5.90. The molecule has 0 spiro atoms. The maximum Gasteiger partial charge on any atom is 0.255 e. The Balaban J connectivity index is 1.49. The highest BCUT2D eigenvalue weighted by Crippen LogP contribution is 2.29. The van der Waals surface area contributed by atoms with Crippen molar-refractivity contribution in [2.24, 2.45) is 0 Å². The van der Waals surface area contributed by atoms with Gasteiger partial charge in [-0.1, -0.05) is 42.5 Å². The van der Waals surface area contributed by atoms with Crippen LogP contribution in [0.25, 0.3) is 0 Å². The number of carbonyl (C=O) groups excluding carboxylic acids is 1. The average Bonchev–Trinajstić information content (AvgIpc) is 3.26. The molecule has 1 unspecified atom stereocenters. The van der Waals surface area contributed by atoms with Gasteiger partial charge in [0.15, 0.2) is 0 Å². The van der Waals surface area contributed by atoms with Crippen molar-refractivity contribution in [3.8, 4) is 0 Å². The van der Waals surface area contributed by atoms with E-state index in [2.05, 4.69) is 17.1 Å². The van der Waals surface area contributed by atoms with Gasteiger partial charge in [0, 0.05) is 22.6 Å². The Labute approximate surface area is 167 Å². The van der Waals surface area contributed by atoms with Gasteiger partial charge in [-0.15, -0.1) is 23.1 Å². The lowest BCUT2D eigenvalue weighted by Crippen LogP contribution is -2.42.